The molecule has 2 aliphatic heterocycles. The van der Waals surface area contributed by atoms with Crippen molar-refractivity contribution in [2.24, 2.45) is 4.99 Å². The predicted octanol–water partition coefficient (Wildman–Crippen LogP) is 1.96. The first kappa shape index (κ1) is 19.0. The summed E-state index contributed by atoms with van der Waals surface area (Å²) in [5, 5.41) is 3.46. The molecule has 0 aromatic heterocycles. The maximum atomic E-state index is 5.73. The number of rotatable bonds is 6. The van der Waals surface area contributed by atoms with Crippen LogP contribution in [0, 0.1) is 0 Å². The van der Waals surface area contributed by atoms with Gasteiger partial charge in [-0.3, -0.25) is 4.90 Å². The van der Waals surface area contributed by atoms with Gasteiger partial charge in [0.05, 0.1) is 26.4 Å². The number of hydrogen-bond acceptors (Lipinski definition) is 4. The lowest BCUT2D eigenvalue weighted by Gasteiger charge is -2.32. The molecule has 6 heteroatoms. The molecule has 1 atom stereocenters. The molecule has 0 amide bonds. The summed E-state index contributed by atoms with van der Waals surface area (Å²) in [6.07, 6.45) is 1.19. The van der Waals surface area contributed by atoms with Gasteiger partial charge in [0.2, 0.25) is 0 Å². The molecule has 0 radical (unpaired) electrons. The second kappa shape index (κ2) is 9.78. The van der Waals surface area contributed by atoms with Gasteiger partial charge in [-0.05, 0) is 26.3 Å². The summed E-state index contributed by atoms with van der Waals surface area (Å²) in [5.41, 5.74) is 1.13. The lowest BCUT2D eigenvalue weighted by molar-refractivity contribution is 0.0195. The fourth-order valence-electron chi connectivity index (χ4n) is 3.69. The van der Waals surface area contributed by atoms with E-state index in [2.05, 4.69) is 28.1 Å². The molecule has 2 saturated heterocycles. The Bertz CT molecular complexity index is 587. The van der Waals surface area contributed by atoms with Crippen molar-refractivity contribution in [1.82, 2.24) is 15.1 Å². The summed E-state index contributed by atoms with van der Waals surface area (Å²) in [4.78, 5) is 9.86. The average molecular weight is 361 g/mol. The lowest BCUT2D eigenvalue weighted by atomic mass is 10.2. The quantitative estimate of drug-likeness (QED) is 0.621. The summed E-state index contributed by atoms with van der Waals surface area (Å²) >= 11 is 0. The van der Waals surface area contributed by atoms with E-state index in [9.17, 15) is 0 Å². The number of nitrogens with one attached hydrogen (secondary N) is 1. The Morgan fingerprint density at radius 3 is 2.81 bits per heavy atom. The van der Waals surface area contributed by atoms with E-state index in [1.54, 1.807) is 0 Å². The fraction of sp³-hybridized carbons (Fsp3) is 0.650. The van der Waals surface area contributed by atoms with Crippen LogP contribution >= 0.6 is 0 Å². The molecule has 1 unspecified atom stereocenters. The molecule has 3 rings (SSSR count). The van der Waals surface area contributed by atoms with Gasteiger partial charge in [0.25, 0.3) is 0 Å². The van der Waals surface area contributed by atoms with Crippen molar-refractivity contribution in [3.63, 3.8) is 0 Å². The molecule has 1 aromatic rings. The molecular weight excluding hydrogens is 328 g/mol. The van der Waals surface area contributed by atoms with Crippen molar-refractivity contribution in [3.05, 3.63) is 29.8 Å². The van der Waals surface area contributed by atoms with Gasteiger partial charge >= 0.3 is 0 Å². The first-order valence-electron chi connectivity index (χ1n) is 9.87. The monoisotopic (exact) mass is 360 g/mol. The highest BCUT2D eigenvalue weighted by molar-refractivity contribution is 5.80. The highest BCUT2D eigenvalue weighted by Crippen LogP contribution is 2.20. The van der Waals surface area contributed by atoms with Crippen molar-refractivity contribution in [3.8, 4) is 5.75 Å². The Balaban J connectivity index is 1.64. The van der Waals surface area contributed by atoms with Crippen LogP contribution in [0.2, 0.25) is 0 Å². The average Bonchev–Trinajstić information content (AvgIpc) is 3.17. The number of nitrogens with zero attached hydrogens (tertiary/aromatic N) is 3. The van der Waals surface area contributed by atoms with Gasteiger partial charge in [-0.2, -0.15) is 0 Å². The van der Waals surface area contributed by atoms with Crippen LogP contribution in [0.4, 0.5) is 0 Å². The number of aliphatic imine (C=N–C) groups is 1. The predicted molar refractivity (Wildman–Crippen MR) is 105 cm³/mol. The maximum absolute atomic E-state index is 5.73. The van der Waals surface area contributed by atoms with Gasteiger partial charge in [-0.1, -0.05) is 18.2 Å². The van der Waals surface area contributed by atoms with E-state index in [0.29, 0.717) is 19.2 Å². The van der Waals surface area contributed by atoms with Crippen LogP contribution in [0.1, 0.15) is 25.8 Å². The Kier molecular flexibility index (Phi) is 7.14. The number of benzene rings is 1. The highest BCUT2D eigenvalue weighted by Gasteiger charge is 2.30. The summed E-state index contributed by atoms with van der Waals surface area (Å²) in [5.74, 6) is 1.94. The number of guanidine groups is 1. The summed E-state index contributed by atoms with van der Waals surface area (Å²) in [6.45, 7) is 12.2. The molecular formula is C20H32N4O2. The second-order valence-corrected chi connectivity index (χ2v) is 6.75. The summed E-state index contributed by atoms with van der Waals surface area (Å²) in [7, 11) is 0. The zero-order chi connectivity index (χ0) is 18.2. The molecule has 0 bridgehead atoms. The van der Waals surface area contributed by atoms with Gasteiger partial charge in [0.15, 0.2) is 5.96 Å². The van der Waals surface area contributed by atoms with E-state index in [1.165, 1.54) is 6.42 Å². The summed E-state index contributed by atoms with van der Waals surface area (Å²) < 4.78 is 11.2. The normalized spacial score (nSPS) is 21.8. The number of para-hydroxylation sites is 1. The van der Waals surface area contributed by atoms with Crippen LogP contribution < -0.4 is 10.1 Å². The molecule has 0 spiro atoms. The molecule has 144 valence electrons. The second-order valence-electron chi connectivity index (χ2n) is 6.75. The zero-order valence-electron chi connectivity index (χ0n) is 16.1. The van der Waals surface area contributed by atoms with E-state index in [1.807, 2.05) is 25.1 Å². The lowest BCUT2D eigenvalue weighted by Crippen LogP contribution is -2.46. The molecule has 2 fully saturated rings. The van der Waals surface area contributed by atoms with E-state index >= 15 is 0 Å². The Morgan fingerprint density at radius 2 is 2.04 bits per heavy atom. The van der Waals surface area contributed by atoms with Crippen LogP contribution in [0.3, 0.4) is 0 Å². The van der Waals surface area contributed by atoms with E-state index < -0.39 is 0 Å². The standard InChI is InChI=1S/C20H32N4O2/c1-3-21-20(22-15-17-7-5-6-8-19(17)26-4-2)24-10-9-18(16-24)23-11-13-25-14-12-23/h5-8,18H,3-4,9-16H2,1-2H3,(H,21,22). The van der Waals surface area contributed by atoms with Crippen LogP contribution in [-0.4, -0.2) is 74.3 Å². The highest BCUT2D eigenvalue weighted by atomic mass is 16.5. The third-order valence-electron chi connectivity index (χ3n) is 5.03. The number of morpholine rings is 1. The largest absolute Gasteiger partial charge is 0.494 e. The molecule has 1 aromatic carbocycles. The zero-order valence-corrected chi connectivity index (χ0v) is 16.1. The van der Waals surface area contributed by atoms with Crippen LogP contribution in [0.5, 0.6) is 5.75 Å². The Morgan fingerprint density at radius 1 is 1.23 bits per heavy atom. The van der Waals surface area contributed by atoms with Crippen LogP contribution in [-0.2, 0) is 11.3 Å². The smallest absolute Gasteiger partial charge is 0.194 e. The number of likely N-dealkylation sites (tertiary alicyclic amines) is 1. The minimum Gasteiger partial charge on any atom is -0.494 e. The maximum Gasteiger partial charge on any atom is 0.194 e. The van der Waals surface area contributed by atoms with E-state index in [-0.39, 0.29) is 0 Å². The fourth-order valence-corrected chi connectivity index (χ4v) is 3.69. The first-order valence-corrected chi connectivity index (χ1v) is 9.87. The third kappa shape index (κ3) is 4.89. The van der Waals surface area contributed by atoms with E-state index in [4.69, 9.17) is 14.5 Å². The Hall–Kier alpha value is -1.79. The minimum absolute atomic E-state index is 0.610. The van der Waals surface area contributed by atoms with Crippen molar-refractivity contribution in [1.29, 1.82) is 0 Å². The molecule has 2 aliphatic rings. The summed E-state index contributed by atoms with van der Waals surface area (Å²) in [6, 6.07) is 8.78. The van der Waals surface area contributed by atoms with Gasteiger partial charge < -0.3 is 19.7 Å². The van der Waals surface area contributed by atoms with E-state index in [0.717, 1.165) is 63.2 Å². The van der Waals surface area contributed by atoms with Crippen molar-refractivity contribution < 1.29 is 9.47 Å². The molecule has 26 heavy (non-hydrogen) atoms. The molecule has 0 saturated carbocycles. The first-order chi connectivity index (χ1) is 12.8. The van der Waals surface area contributed by atoms with Gasteiger partial charge in [-0.25, -0.2) is 4.99 Å². The van der Waals surface area contributed by atoms with Crippen LogP contribution in [0.15, 0.2) is 29.3 Å². The Labute approximate surface area is 157 Å². The number of hydrogen-bond donors (Lipinski definition) is 1. The SMILES string of the molecule is CCNC(=NCc1ccccc1OCC)N1CCC(N2CCOCC2)C1. The van der Waals surface area contributed by atoms with Gasteiger partial charge in [0.1, 0.15) is 5.75 Å². The van der Waals surface area contributed by atoms with Gasteiger partial charge in [-0.15, -0.1) is 0 Å². The molecule has 2 heterocycles. The van der Waals surface area contributed by atoms with Gasteiger partial charge in [0, 0.05) is 44.3 Å². The van der Waals surface area contributed by atoms with Crippen molar-refractivity contribution >= 4 is 5.96 Å². The number of ether oxygens (including phenoxy) is 2. The van der Waals surface area contributed by atoms with Crippen LogP contribution in [0.25, 0.3) is 0 Å². The van der Waals surface area contributed by atoms with Crippen molar-refractivity contribution in [2.75, 3.05) is 52.5 Å². The van der Waals surface area contributed by atoms with Crippen molar-refractivity contribution in [2.45, 2.75) is 32.9 Å². The molecule has 6 nitrogen and oxygen atoms in total. The molecule has 1 N–H and O–H groups in total. The molecule has 0 aliphatic carbocycles. The minimum atomic E-state index is 0.610. The topological polar surface area (TPSA) is 49.3 Å². The third-order valence-corrected chi connectivity index (χ3v) is 5.03.